The molecule has 3 rings (SSSR count). The topological polar surface area (TPSA) is 65.2 Å². The number of aryl methyl sites for hydroxylation is 2. The van der Waals surface area contributed by atoms with Gasteiger partial charge in [0.2, 0.25) is 11.8 Å². The number of rotatable bonds is 8. The van der Waals surface area contributed by atoms with Crippen LogP contribution in [-0.2, 0) is 22.4 Å². The zero-order valence-electron chi connectivity index (χ0n) is 17.4. The second-order valence-corrected chi connectivity index (χ2v) is 7.32. The Labute approximate surface area is 172 Å². The molecule has 29 heavy (non-hydrogen) atoms. The fourth-order valence-corrected chi connectivity index (χ4v) is 3.79. The summed E-state index contributed by atoms with van der Waals surface area (Å²) in [5.41, 5.74) is 5.42. The number of aromatic nitrogens is 1. The first kappa shape index (κ1) is 20.6. The summed E-state index contributed by atoms with van der Waals surface area (Å²) in [6, 6.07) is 14.2. The van der Waals surface area contributed by atoms with Gasteiger partial charge in [-0.1, -0.05) is 43.3 Å². The average molecular weight is 392 g/mol. The predicted octanol–water partition coefficient (Wildman–Crippen LogP) is 4.14. The quantitative estimate of drug-likeness (QED) is 0.606. The van der Waals surface area contributed by atoms with Gasteiger partial charge >= 0.3 is 0 Å². The van der Waals surface area contributed by atoms with Crippen LogP contribution >= 0.6 is 0 Å². The third kappa shape index (κ3) is 4.86. The Morgan fingerprint density at radius 3 is 2.62 bits per heavy atom. The lowest BCUT2D eigenvalue weighted by molar-refractivity contribution is -0.121. The van der Waals surface area contributed by atoms with E-state index in [1.165, 1.54) is 10.9 Å². The van der Waals surface area contributed by atoms with E-state index < -0.39 is 0 Å². The fraction of sp³-hybridized carbons (Fsp3) is 0.333. The number of benzene rings is 2. The van der Waals surface area contributed by atoms with E-state index in [2.05, 4.69) is 23.3 Å². The minimum atomic E-state index is -0.0411. The highest BCUT2D eigenvalue weighted by Gasteiger charge is 2.18. The van der Waals surface area contributed by atoms with Crippen molar-refractivity contribution in [3.05, 3.63) is 65.4 Å². The van der Waals surface area contributed by atoms with E-state index >= 15 is 0 Å². The number of nitrogens with zero attached hydrogens (tertiary/aromatic N) is 1. The van der Waals surface area contributed by atoms with E-state index in [-0.39, 0.29) is 18.2 Å². The number of carbonyl (C=O) groups excluding carboxylic acids is 2. The lowest BCUT2D eigenvalue weighted by Crippen LogP contribution is -2.35. The van der Waals surface area contributed by atoms with Crippen molar-refractivity contribution in [1.29, 1.82) is 0 Å². The number of fused-ring (bicyclic) bond motifs is 1. The van der Waals surface area contributed by atoms with Crippen molar-refractivity contribution < 1.29 is 9.59 Å². The van der Waals surface area contributed by atoms with Crippen molar-refractivity contribution in [2.45, 2.75) is 40.0 Å². The lowest BCUT2D eigenvalue weighted by Gasteiger charge is -2.25. The average Bonchev–Trinajstić information content (AvgIpc) is 3.12. The van der Waals surface area contributed by atoms with Crippen molar-refractivity contribution in [1.82, 2.24) is 10.3 Å². The molecule has 0 spiro atoms. The number of aromatic amines is 1. The van der Waals surface area contributed by atoms with Crippen molar-refractivity contribution in [2.75, 3.05) is 18.0 Å². The van der Waals surface area contributed by atoms with Crippen LogP contribution in [0.2, 0.25) is 0 Å². The number of hydrogen-bond acceptors (Lipinski definition) is 2. The van der Waals surface area contributed by atoms with Crippen LogP contribution in [0.25, 0.3) is 10.9 Å². The number of hydrogen-bond donors (Lipinski definition) is 2. The van der Waals surface area contributed by atoms with Crippen LogP contribution in [0.15, 0.2) is 48.7 Å². The summed E-state index contributed by atoms with van der Waals surface area (Å²) < 4.78 is 0. The maximum atomic E-state index is 12.4. The van der Waals surface area contributed by atoms with Crippen LogP contribution in [0.3, 0.4) is 0 Å². The second-order valence-electron chi connectivity index (χ2n) is 7.32. The monoisotopic (exact) mass is 391 g/mol. The SMILES string of the molecule is CCc1cccc(C)c1N(CCC(=O)NCCc1c[nH]c2ccccc12)C(C)=O. The molecule has 0 saturated carbocycles. The number of amides is 2. The van der Waals surface area contributed by atoms with E-state index in [1.807, 2.05) is 49.5 Å². The standard InChI is InChI=1S/C24H29N3O2/c1-4-19-9-7-8-17(2)24(19)27(18(3)28)15-13-23(29)25-14-12-20-16-26-22-11-6-5-10-21(20)22/h5-11,16,26H,4,12-15H2,1-3H3,(H,25,29). The van der Waals surface area contributed by atoms with Crippen molar-refractivity contribution in [2.24, 2.45) is 0 Å². The maximum Gasteiger partial charge on any atom is 0.223 e. The molecule has 0 radical (unpaired) electrons. The largest absolute Gasteiger partial charge is 0.361 e. The molecule has 5 heteroatoms. The number of para-hydroxylation sites is 2. The van der Waals surface area contributed by atoms with Gasteiger partial charge in [0.05, 0.1) is 0 Å². The van der Waals surface area contributed by atoms with Gasteiger partial charge in [-0.2, -0.15) is 0 Å². The Balaban J connectivity index is 1.57. The highest BCUT2D eigenvalue weighted by atomic mass is 16.2. The molecule has 2 amide bonds. The minimum absolute atomic E-state index is 0.0391. The first-order valence-electron chi connectivity index (χ1n) is 10.2. The number of H-pyrrole nitrogens is 1. The summed E-state index contributed by atoms with van der Waals surface area (Å²) in [5.74, 6) is -0.0803. The summed E-state index contributed by atoms with van der Waals surface area (Å²) in [7, 11) is 0. The molecule has 152 valence electrons. The second kappa shape index (κ2) is 9.41. The zero-order chi connectivity index (χ0) is 20.8. The van der Waals surface area contributed by atoms with Crippen molar-refractivity contribution in [3.8, 4) is 0 Å². The normalized spacial score (nSPS) is 10.9. The van der Waals surface area contributed by atoms with Crippen LogP contribution < -0.4 is 10.2 Å². The molecule has 0 aliphatic carbocycles. The first-order chi connectivity index (χ1) is 14.0. The molecule has 2 aromatic carbocycles. The molecular weight excluding hydrogens is 362 g/mol. The van der Waals surface area contributed by atoms with E-state index in [0.717, 1.165) is 35.2 Å². The summed E-state index contributed by atoms with van der Waals surface area (Å²) in [6.45, 7) is 6.60. The Morgan fingerprint density at radius 1 is 1.07 bits per heavy atom. The molecule has 1 aromatic heterocycles. The molecular formula is C24H29N3O2. The molecule has 0 aliphatic rings. The van der Waals surface area contributed by atoms with Gasteiger partial charge in [0.1, 0.15) is 0 Å². The van der Waals surface area contributed by atoms with E-state index in [1.54, 1.807) is 11.8 Å². The number of anilines is 1. The Morgan fingerprint density at radius 2 is 1.86 bits per heavy atom. The number of nitrogens with one attached hydrogen (secondary N) is 2. The highest BCUT2D eigenvalue weighted by molar-refractivity contribution is 5.94. The van der Waals surface area contributed by atoms with Crippen molar-refractivity contribution >= 4 is 28.4 Å². The van der Waals surface area contributed by atoms with Crippen LogP contribution in [0.5, 0.6) is 0 Å². The molecule has 3 aromatic rings. The third-order valence-corrected chi connectivity index (χ3v) is 5.31. The molecule has 0 bridgehead atoms. The van der Waals surface area contributed by atoms with Crippen molar-refractivity contribution in [3.63, 3.8) is 0 Å². The number of carbonyl (C=O) groups is 2. The fourth-order valence-electron chi connectivity index (χ4n) is 3.79. The van der Waals surface area contributed by atoms with Gasteiger partial charge in [-0.15, -0.1) is 0 Å². The van der Waals surface area contributed by atoms with Gasteiger partial charge in [-0.3, -0.25) is 9.59 Å². The predicted molar refractivity (Wildman–Crippen MR) is 118 cm³/mol. The van der Waals surface area contributed by atoms with Gasteiger partial charge in [-0.05, 0) is 42.5 Å². The first-order valence-corrected chi connectivity index (χ1v) is 10.2. The van der Waals surface area contributed by atoms with Crippen LogP contribution in [-0.4, -0.2) is 29.9 Å². The zero-order valence-corrected chi connectivity index (χ0v) is 17.4. The van der Waals surface area contributed by atoms with Gasteiger partial charge in [-0.25, -0.2) is 0 Å². The molecule has 0 atom stereocenters. The molecule has 1 heterocycles. The molecule has 0 unspecified atom stereocenters. The smallest absolute Gasteiger partial charge is 0.223 e. The highest BCUT2D eigenvalue weighted by Crippen LogP contribution is 2.26. The Hall–Kier alpha value is -3.08. The molecule has 0 saturated heterocycles. The molecule has 2 N–H and O–H groups in total. The summed E-state index contributed by atoms with van der Waals surface area (Å²) in [6.07, 6.45) is 3.89. The van der Waals surface area contributed by atoms with Gasteiger partial charge in [0.25, 0.3) is 0 Å². The third-order valence-electron chi connectivity index (χ3n) is 5.31. The maximum absolute atomic E-state index is 12.4. The summed E-state index contributed by atoms with van der Waals surface area (Å²) in [4.78, 5) is 29.6. The summed E-state index contributed by atoms with van der Waals surface area (Å²) >= 11 is 0. The van der Waals surface area contributed by atoms with Crippen LogP contribution in [0.1, 0.15) is 37.0 Å². The van der Waals surface area contributed by atoms with Gasteiger partial charge < -0.3 is 15.2 Å². The van der Waals surface area contributed by atoms with E-state index in [0.29, 0.717) is 13.1 Å². The van der Waals surface area contributed by atoms with Gasteiger partial charge in [0, 0.05) is 49.2 Å². The lowest BCUT2D eigenvalue weighted by atomic mass is 10.0. The van der Waals surface area contributed by atoms with E-state index in [9.17, 15) is 9.59 Å². The van der Waals surface area contributed by atoms with Crippen LogP contribution in [0, 0.1) is 6.92 Å². The van der Waals surface area contributed by atoms with Gasteiger partial charge in [0.15, 0.2) is 0 Å². The van der Waals surface area contributed by atoms with E-state index in [4.69, 9.17) is 0 Å². The Kier molecular flexibility index (Phi) is 6.70. The molecule has 0 aliphatic heterocycles. The molecule has 0 fully saturated rings. The minimum Gasteiger partial charge on any atom is -0.361 e. The Bertz CT molecular complexity index is 1010. The van der Waals surface area contributed by atoms with Crippen LogP contribution in [0.4, 0.5) is 5.69 Å². The summed E-state index contributed by atoms with van der Waals surface area (Å²) in [5, 5.41) is 4.17. The molecule has 5 nitrogen and oxygen atoms in total.